The second-order valence-electron chi connectivity index (χ2n) is 4.57. The van der Waals surface area contributed by atoms with E-state index in [4.69, 9.17) is 0 Å². The summed E-state index contributed by atoms with van der Waals surface area (Å²) in [4.78, 5) is 3.88. The first-order valence-corrected chi connectivity index (χ1v) is 9.98. The van der Waals surface area contributed by atoms with Crippen LogP contribution in [0.25, 0.3) is 0 Å². The molecule has 0 aliphatic rings. The summed E-state index contributed by atoms with van der Waals surface area (Å²) in [5.41, 5.74) is 0.740. The SMILES string of the molecule is CCCCS(=O)(=O)NCCS(=O)(=O)NCc1cccnc1. The Labute approximate surface area is 126 Å². The van der Waals surface area contributed by atoms with E-state index in [1.54, 1.807) is 24.5 Å². The predicted octanol–water partition coefficient (Wildman–Crippen LogP) is 0.221. The predicted molar refractivity (Wildman–Crippen MR) is 81.6 cm³/mol. The van der Waals surface area contributed by atoms with Gasteiger partial charge in [0.1, 0.15) is 0 Å². The van der Waals surface area contributed by atoms with Crippen molar-refractivity contribution in [3.63, 3.8) is 0 Å². The topological polar surface area (TPSA) is 105 Å². The zero-order chi connectivity index (χ0) is 15.8. The molecule has 0 atom stereocenters. The van der Waals surface area contributed by atoms with Crippen LogP contribution in [0.3, 0.4) is 0 Å². The summed E-state index contributed by atoms with van der Waals surface area (Å²) < 4.78 is 51.2. The first kappa shape index (κ1) is 18.0. The zero-order valence-electron chi connectivity index (χ0n) is 11.9. The Bertz CT molecular complexity index is 615. The van der Waals surface area contributed by atoms with Gasteiger partial charge in [-0.25, -0.2) is 26.3 Å². The van der Waals surface area contributed by atoms with Gasteiger partial charge in [-0.15, -0.1) is 0 Å². The van der Waals surface area contributed by atoms with E-state index < -0.39 is 20.0 Å². The van der Waals surface area contributed by atoms with Gasteiger partial charge in [-0.3, -0.25) is 4.98 Å². The van der Waals surface area contributed by atoms with Gasteiger partial charge in [0.25, 0.3) is 0 Å². The Morgan fingerprint density at radius 1 is 1.10 bits per heavy atom. The number of sulfonamides is 2. The van der Waals surface area contributed by atoms with Gasteiger partial charge < -0.3 is 0 Å². The van der Waals surface area contributed by atoms with Crippen LogP contribution in [0, 0.1) is 0 Å². The highest BCUT2D eigenvalue weighted by atomic mass is 32.2. The molecule has 1 rings (SSSR count). The van der Waals surface area contributed by atoms with E-state index in [1.165, 1.54) is 0 Å². The summed E-state index contributed by atoms with van der Waals surface area (Å²) >= 11 is 0. The molecule has 1 aromatic rings. The molecular formula is C12H21N3O4S2. The summed E-state index contributed by atoms with van der Waals surface area (Å²) in [6.45, 7) is 1.90. The van der Waals surface area contributed by atoms with E-state index >= 15 is 0 Å². The van der Waals surface area contributed by atoms with Crippen molar-refractivity contribution in [2.24, 2.45) is 0 Å². The lowest BCUT2D eigenvalue weighted by molar-refractivity contribution is 0.573. The van der Waals surface area contributed by atoms with Crippen LogP contribution in [-0.2, 0) is 26.6 Å². The largest absolute Gasteiger partial charge is 0.264 e. The second kappa shape index (κ2) is 8.42. The van der Waals surface area contributed by atoms with Crippen molar-refractivity contribution in [3.8, 4) is 0 Å². The molecule has 120 valence electrons. The molecule has 0 bridgehead atoms. The molecule has 0 aromatic carbocycles. The van der Waals surface area contributed by atoms with E-state index in [9.17, 15) is 16.8 Å². The van der Waals surface area contributed by atoms with Gasteiger partial charge in [0.05, 0.1) is 11.5 Å². The van der Waals surface area contributed by atoms with Crippen LogP contribution in [0.5, 0.6) is 0 Å². The number of hydrogen-bond acceptors (Lipinski definition) is 5. The lowest BCUT2D eigenvalue weighted by atomic mass is 10.3. The van der Waals surface area contributed by atoms with Crippen LogP contribution >= 0.6 is 0 Å². The van der Waals surface area contributed by atoms with Crippen LogP contribution in [-0.4, -0.2) is 39.9 Å². The normalized spacial score (nSPS) is 12.4. The van der Waals surface area contributed by atoms with Crippen molar-refractivity contribution >= 4 is 20.0 Å². The molecule has 0 saturated heterocycles. The summed E-state index contributed by atoms with van der Waals surface area (Å²) in [6, 6.07) is 3.47. The van der Waals surface area contributed by atoms with Gasteiger partial charge in [0.15, 0.2) is 0 Å². The van der Waals surface area contributed by atoms with Gasteiger partial charge in [0.2, 0.25) is 20.0 Å². The Morgan fingerprint density at radius 2 is 1.81 bits per heavy atom. The zero-order valence-corrected chi connectivity index (χ0v) is 13.6. The van der Waals surface area contributed by atoms with Gasteiger partial charge in [-0.2, -0.15) is 0 Å². The average Bonchev–Trinajstić information content (AvgIpc) is 2.44. The molecule has 1 heterocycles. The van der Waals surface area contributed by atoms with E-state index in [1.807, 2.05) is 6.92 Å². The molecule has 9 heteroatoms. The molecular weight excluding hydrogens is 314 g/mol. The summed E-state index contributed by atoms with van der Waals surface area (Å²) in [5, 5.41) is 0. The quantitative estimate of drug-likeness (QED) is 0.636. The molecule has 21 heavy (non-hydrogen) atoms. The fourth-order valence-electron chi connectivity index (χ4n) is 1.51. The van der Waals surface area contributed by atoms with E-state index in [0.29, 0.717) is 6.42 Å². The van der Waals surface area contributed by atoms with Crippen molar-refractivity contribution in [3.05, 3.63) is 30.1 Å². The molecule has 0 spiro atoms. The first-order chi connectivity index (χ1) is 9.85. The molecule has 0 fully saturated rings. The number of nitrogens with zero attached hydrogens (tertiary/aromatic N) is 1. The summed E-state index contributed by atoms with van der Waals surface area (Å²) in [5.74, 6) is -0.273. The third-order valence-corrected chi connectivity index (χ3v) is 5.47. The number of aromatic nitrogens is 1. The van der Waals surface area contributed by atoms with Gasteiger partial charge in [-0.1, -0.05) is 19.4 Å². The van der Waals surface area contributed by atoms with Crippen LogP contribution < -0.4 is 9.44 Å². The van der Waals surface area contributed by atoms with Crippen LogP contribution in [0.4, 0.5) is 0 Å². The molecule has 0 aliphatic carbocycles. The molecule has 0 saturated carbocycles. The monoisotopic (exact) mass is 335 g/mol. The summed E-state index contributed by atoms with van der Waals surface area (Å²) in [7, 11) is -6.91. The Balaban J connectivity index is 2.36. The number of rotatable bonds is 10. The Kier molecular flexibility index (Phi) is 7.23. The van der Waals surface area contributed by atoms with E-state index in [2.05, 4.69) is 14.4 Å². The van der Waals surface area contributed by atoms with Crippen molar-refractivity contribution in [1.29, 1.82) is 0 Å². The maximum absolute atomic E-state index is 11.7. The van der Waals surface area contributed by atoms with Crippen LogP contribution in [0.15, 0.2) is 24.5 Å². The van der Waals surface area contributed by atoms with Gasteiger partial charge in [0, 0.05) is 25.5 Å². The van der Waals surface area contributed by atoms with Crippen LogP contribution in [0.2, 0.25) is 0 Å². The smallest absolute Gasteiger partial charge is 0.213 e. The first-order valence-electron chi connectivity index (χ1n) is 6.68. The highest BCUT2D eigenvalue weighted by molar-refractivity contribution is 7.90. The summed E-state index contributed by atoms with van der Waals surface area (Å²) in [6.07, 6.45) is 4.49. The standard InChI is InChI=1S/C12H21N3O4S2/c1-2-3-8-20(16,17)14-7-9-21(18,19)15-11-12-5-4-6-13-10-12/h4-6,10,14-15H,2-3,7-9,11H2,1H3. The van der Waals surface area contributed by atoms with E-state index in [-0.39, 0.29) is 24.6 Å². The number of nitrogens with one attached hydrogen (secondary N) is 2. The number of hydrogen-bond donors (Lipinski definition) is 2. The molecule has 1 aromatic heterocycles. The third-order valence-electron chi connectivity index (χ3n) is 2.68. The molecule has 0 unspecified atom stereocenters. The lowest BCUT2D eigenvalue weighted by Crippen LogP contribution is -2.35. The molecule has 7 nitrogen and oxygen atoms in total. The van der Waals surface area contributed by atoms with Gasteiger partial charge in [-0.05, 0) is 18.1 Å². The van der Waals surface area contributed by atoms with Crippen molar-refractivity contribution in [2.75, 3.05) is 18.1 Å². The van der Waals surface area contributed by atoms with E-state index in [0.717, 1.165) is 12.0 Å². The third kappa shape index (κ3) is 8.10. The minimum absolute atomic E-state index is 0.0205. The number of unbranched alkanes of at least 4 members (excludes halogenated alkanes) is 1. The highest BCUT2D eigenvalue weighted by Crippen LogP contribution is 1.97. The molecule has 2 N–H and O–H groups in total. The number of pyridine rings is 1. The average molecular weight is 335 g/mol. The maximum Gasteiger partial charge on any atom is 0.213 e. The van der Waals surface area contributed by atoms with Crippen molar-refractivity contribution in [2.45, 2.75) is 26.3 Å². The molecule has 0 aliphatic heterocycles. The Hall–Kier alpha value is -1.03. The van der Waals surface area contributed by atoms with Crippen molar-refractivity contribution in [1.82, 2.24) is 14.4 Å². The minimum atomic E-state index is -3.53. The fraction of sp³-hybridized carbons (Fsp3) is 0.583. The van der Waals surface area contributed by atoms with Gasteiger partial charge >= 0.3 is 0 Å². The lowest BCUT2D eigenvalue weighted by Gasteiger charge is -2.08. The second-order valence-corrected chi connectivity index (χ2v) is 8.42. The van der Waals surface area contributed by atoms with Crippen LogP contribution in [0.1, 0.15) is 25.3 Å². The minimum Gasteiger partial charge on any atom is -0.264 e. The maximum atomic E-state index is 11.7. The van der Waals surface area contributed by atoms with Crippen molar-refractivity contribution < 1.29 is 16.8 Å². The molecule has 0 radical (unpaired) electrons. The fourth-order valence-corrected chi connectivity index (χ4v) is 3.76. The molecule has 0 amide bonds. The highest BCUT2D eigenvalue weighted by Gasteiger charge is 2.13. The Morgan fingerprint density at radius 3 is 2.43 bits per heavy atom.